The third-order valence-electron chi connectivity index (χ3n) is 4.00. The van der Waals surface area contributed by atoms with E-state index in [1.54, 1.807) is 0 Å². The normalized spacial score (nSPS) is 31.2. The monoisotopic (exact) mass is 260 g/mol. The summed E-state index contributed by atoms with van der Waals surface area (Å²) in [6.45, 7) is 5.41. The van der Waals surface area contributed by atoms with Crippen molar-refractivity contribution in [2.24, 2.45) is 0 Å². The van der Waals surface area contributed by atoms with Crippen LogP contribution in [0.25, 0.3) is 0 Å². The summed E-state index contributed by atoms with van der Waals surface area (Å²) in [5.41, 5.74) is 2.38. The molecule has 19 heavy (non-hydrogen) atoms. The zero-order valence-corrected chi connectivity index (χ0v) is 11.4. The van der Waals surface area contributed by atoms with E-state index in [9.17, 15) is 4.79 Å². The summed E-state index contributed by atoms with van der Waals surface area (Å²) in [5, 5.41) is 3.39. The Kier molecular flexibility index (Phi) is 3.29. The van der Waals surface area contributed by atoms with Gasteiger partial charge in [0.05, 0.1) is 18.7 Å². The Morgan fingerprint density at radius 1 is 1.32 bits per heavy atom. The van der Waals surface area contributed by atoms with Gasteiger partial charge in [0.25, 0.3) is 0 Å². The Labute approximate surface area is 113 Å². The molecule has 1 amide bonds. The summed E-state index contributed by atoms with van der Waals surface area (Å²) >= 11 is 0. The van der Waals surface area contributed by atoms with Crippen molar-refractivity contribution in [1.29, 1.82) is 0 Å². The molecule has 0 aliphatic carbocycles. The van der Waals surface area contributed by atoms with Crippen LogP contribution in [0.1, 0.15) is 30.6 Å². The Morgan fingerprint density at radius 3 is 2.68 bits per heavy atom. The first kappa shape index (κ1) is 12.6. The number of hydrogen-bond donors (Lipinski definition) is 1. The molecule has 0 bridgehead atoms. The summed E-state index contributed by atoms with van der Waals surface area (Å²) < 4.78 is 5.43. The predicted molar refractivity (Wildman–Crippen MR) is 72.6 cm³/mol. The molecule has 2 aliphatic rings. The first-order chi connectivity index (χ1) is 9.16. The molecule has 3 atom stereocenters. The average molecular weight is 260 g/mol. The Morgan fingerprint density at radius 2 is 2.05 bits per heavy atom. The fourth-order valence-electron chi connectivity index (χ4n) is 2.88. The van der Waals surface area contributed by atoms with Gasteiger partial charge in [-0.15, -0.1) is 0 Å². The van der Waals surface area contributed by atoms with Crippen molar-refractivity contribution in [2.45, 2.75) is 38.5 Å². The first-order valence-electron chi connectivity index (χ1n) is 6.89. The Bertz CT molecular complexity index is 466. The topological polar surface area (TPSA) is 41.6 Å². The van der Waals surface area contributed by atoms with Crippen LogP contribution < -0.4 is 5.32 Å². The van der Waals surface area contributed by atoms with E-state index in [1.807, 2.05) is 11.8 Å². The van der Waals surface area contributed by atoms with Crippen molar-refractivity contribution in [3.05, 3.63) is 35.4 Å². The Hall–Kier alpha value is -1.39. The van der Waals surface area contributed by atoms with Gasteiger partial charge in [-0.05, 0) is 25.8 Å². The van der Waals surface area contributed by atoms with Crippen LogP contribution in [0, 0.1) is 6.92 Å². The maximum absolute atomic E-state index is 12.4. The van der Waals surface area contributed by atoms with Crippen molar-refractivity contribution >= 4 is 5.91 Å². The molecule has 4 heteroatoms. The summed E-state index contributed by atoms with van der Waals surface area (Å²) in [5.74, 6) is 0.182. The van der Waals surface area contributed by atoms with E-state index >= 15 is 0 Å². The first-order valence-corrected chi connectivity index (χ1v) is 6.89. The number of amides is 1. The average Bonchev–Trinajstić information content (AvgIpc) is 3.00. The van der Waals surface area contributed by atoms with E-state index in [2.05, 4.69) is 36.5 Å². The van der Waals surface area contributed by atoms with E-state index < -0.39 is 0 Å². The van der Waals surface area contributed by atoms with Crippen LogP contribution in [-0.4, -0.2) is 36.1 Å². The molecule has 1 aromatic carbocycles. The minimum atomic E-state index is -0.119. The third kappa shape index (κ3) is 2.26. The van der Waals surface area contributed by atoms with Crippen LogP contribution in [0.3, 0.4) is 0 Å². The van der Waals surface area contributed by atoms with Crippen LogP contribution in [0.4, 0.5) is 0 Å². The van der Waals surface area contributed by atoms with E-state index in [4.69, 9.17) is 4.74 Å². The molecule has 0 saturated carbocycles. The number of nitrogens with zero attached hydrogens (tertiary/aromatic N) is 1. The molecular formula is C15H20N2O2. The second-order valence-electron chi connectivity index (χ2n) is 5.46. The van der Waals surface area contributed by atoms with Crippen LogP contribution in [0.2, 0.25) is 0 Å². The molecule has 0 aromatic heterocycles. The quantitative estimate of drug-likeness (QED) is 0.878. The van der Waals surface area contributed by atoms with Gasteiger partial charge in [-0.1, -0.05) is 29.8 Å². The van der Waals surface area contributed by atoms with Crippen LogP contribution in [-0.2, 0) is 9.53 Å². The molecule has 102 valence electrons. The number of hydrogen-bond acceptors (Lipinski definition) is 3. The molecule has 3 rings (SSSR count). The van der Waals surface area contributed by atoms with Gasteiger partial charge < -0.3 is 9.64 Å². The van der Waals surface area contributed by atoms with Gasteiger partial charge in [-0.25, -0.2) is 0 Å². The van der Waals surface area contributed by atoms with Gasteiger partial charge in [0.1, 0.15) is 6.17 Å². The zero-order valence-electron chi connectivity index (χ0n) is 11.4. The smallest absolute Gasteiger partial charge is 0.241 e. The highest BCUT2D eigenvalue weighted by Gasteiger charge is 2.42. The standard InChI is InChI=1S/C15H20N2O2/c1-10-3-5-12(6-4-10)14-16-11(2)15(18)17(14)13-7-8-19-9-13/h3-6,11,13-14,16H,7-9H2,1-2H3. The molecule has 3 unspecified atom stereocenters. The number of rotatable bonds is 2. The highest BCUT2D eigenvalue weighted by atomic mass is 16.5. The van der Waals surface area contributed by atoms with Gasteiger partial charge in [0.15, 0.2) is 0 Å². The molecule has 2 saturated heterocycles. The number of benzene rings is 1. The maximum atomic E-state index is 12.4. The van der Waals surface area contributed by atoms with E-state index in [-0.39, 0.29) is 24.2 Å². The van der Waals surface area contributed by atoms with Gasteiger partial charge in [-0.3, -0.25) is 10.1 Å². The minimum absolute atomic E-state index is 0.0187. The molecule has 0 radical (unpaired) electrons. The summed E-state index contributed by atoms with van der Waals surface area (Å²) in [6.07, 6.45) is 0.914. The number of carbonyl (C=O) groups is 1. The van der Waals surface area contributed by atoms with Crippen molar-refractivity contribution in [2.75, 3.05) is 13.2 Å². The highest BCUT2D eigenvalue weighted by molar-refractivity contribution is 5.84. The lowest BCUT2D eigenvalue weighted by Crippen LogP contribution is -2.40. The zero-order chi connectivity index (χ0) is 13.4. The lowest BCUT2D eigenvalue weighted by molar-refractivity contribution is -0.132. The van der Waals surface area contributed by atoms with Gasteiger partial charge in [0.2, 0.25) is 5.91 Å². The molecule has 2 fully saturated rings. The molecule has 4 nitrogen and oxygen atoms in total. The fourth-order valence-corrected chi connectivity index (χ4v) is 2.88. The van der Waals surface area contributed by atoms with Crippen molar-refractivity contribution in [3.8, 4) is 0 Å². The highest BCUT2D eigenvalue weighted by Crippen LogP contribution is 2.30. The molecule has 2 heterocycles. The molecule has 2 aliphatic heterocycles. The number of nitrogens with one attached hydrogen (secondary N) is 1. The summed E-state index contributed by atoms with van der Waals surface area (Å²) in [7, 11) is 0. The lowest BCUT2D eigenvalue weighted by Gasteiger charge is -2.29. The maximum Gasteiger partial charge on any atom is 0.241 e. The number of ether oxygens (including phenoxy) is 1. The van der Waals surface area contributed by atoms with E-state index in [0.717, 1.165) is 18.6 Å². The lowest BCUT2D eigenvalue weighted by atomic mass is 10.1. The molecule has 1 N–H and O–H groups in total. The van der Waals surface area contributed by atoms with Gasteiger partial charge in [-0.2, -0.15) is 0 Å². The predicted octanol–water partition coefficient (Wildman–Crippen LogP) is 1.60. The van der Waals surface area contributed by atoms with E-state index in [1.165, 1.54) is 5.56 Å². The van der Waals surface area contributed by atoms with Crippen LogP contribution in [0.15, 0.2) is 24.3 Å². The van der Waals surface area contributed by atoms with Crippen LogP contribution in [0.5, 0.6) is 0 Å². The largest absolute Gasteiger partial charge is 0.379 e. The van der Waals surface area contributed by atoms with Gasteiger partial charge >= 0.3 is 0 Å². The van der Waals surface area contributed by atoms with Crippen molar-refractivity contribution < 1.29 is 9.53 Å². The fraction of sp³-hybridized carbons (Fsp3) is 0.533. The third-order valence-corrected chi connectivity index (χ3v) is 4.00. The molecule has 0 spiro atoms. The van der Waals surface area contributed by atoms with E-state index in [0.29, 0.717) is 6.61 Å². The molecule has 1 aromatic rings. The number of aryl methyl sites for hydroxylation is 1. The van der Waals surface area contributed by atoms with Crippen LogP contribution >= 0.6 is 0 Å². The molecular weight excluding hydrogens is 240 g/mol. The second-order valence-corrected chi connectivity index (χ2v) is 5.46. The van der Waals surface area contributed by atoms with Crippen molar-refractivity contribution in [3.63, 3.8) is 0 Å². The number of carbonyl (C=O) groups excluding carboxylic acids is 1. The summed E-state index contributed by atoms with van der Waals surface area (Å²) in [4.78, 5) is 14.3. The second kappa shape index (κ2) is 4.94. The van der Waals surface area contributed by atoms with Gasteiger partial charge in [0, 0.05) is 6.61 Å². The van der Waals surface area contributed by atoms with Crippen molar-refractivity contribution in [1.82, 2.24) is 10.2 Å². The summed E-state index contributed by atoms with van der Waals surface area (Å²) in [6, 6.07) is 8.47. The minimum Gasteiger partial charge on any atom is -0.379 e. The SMILES string of the molecule is Cc1ccc(C2NC(C)C(=O)N2C2CCOC2)cc1. The Balaban J connectivity index is 1.89.